The zero-order valence-electron chi connectivity index (χ0n) is 11.3. The molecule has 1 N–H and O–H groups in total. The molecule has 0 heterocycles. The zero-order chi connectivity index (χ0) is 12.3. The first kappa shape index (κ1) is 15.1. The molecule has 0 saturated heterocycles. The average molecular weight is 272 g/mol. The number of aryl methyl sites for hydroxylation is 1. The Bertz CT molecular complexity index is 396. The van der Waals surface area contributed by atoms with Crippen molar-refractivity contribution in [1.29, 1.82) is 0 Å². The van der Waals surface area contributed by atoms with Gasteiger partial charge in [0.05, 0.1) is 14.2 Å². The van der Waals surface area contributed by atoms with Crippen LogP contribution in [0.25, 0.3) is 0 Å². The molecule has 4 heteroatoms. The van der Waals surface area contributed by atoms with Crippen LogP contribution in [0.3, 0.4) is 0 Å². The number of rotatable bonds is 4. The number of likely N-dealkylation sites (N-methyl/N-ethyl adjacent to an activating group) is 1. The Labute approximate surface area is 115 Å². The van der Waals surface area contributed by atoms with Crippen molar-refractivity contribution in [3.05, 3.63) is 23.3 Å². The molecule has 1 unspecified atom stereocenters. The molecule has 0 aliphatic heterocycles. The van der Waals surface area contributed by atoms with Crippen LogP contribution >= 0.6 is 12.4 Å². The maximum atomic E-state index is 5.35. The van der Waals surface area contributed by atoms with E-state index in [1.165, 1.54) is 17.5 Å². The molecule has 0 aromatic heterocycles. The van der Waals surface area contributed by atoms with E-state index in [1.54, 1.807) is 14.2 Å². The third-order valence-electron chi connectivity index (χ3n) is 3.43. The predicted octanol–water partition coefficient (Wildman–Crippen LogP) is 2.59. The quantitative estimate of drug-likeness (QED) is 0.913. The van der Waals surface area contributed by atoms with Crippen LogP contribution in [0.4, 0.5) is 0 Å². The van der Waals surface area contributed by atoms with Crippen LogP contribution in [0.1, 0.15) is 24.5 Å². The average Bonchev–Trinajstić information content (AvgIpc) is 2.37. The summed E-state index contributed by atoms with van der Waals surface area (Å²) in [5, 5.41) is 3.52. The van der Waals surface area contributed by atoms with Crippen molar-refractivity contribution >= 4 is 12.4 Å². The third-order valence-corrected chi connectivity index (χ3v) is 3.43. The second-order valence-electron chi connectivity index (χ2n) is 4.47. The highest BCUT2D eigenvalue weighted by molar-refractivity contribution is 5.85. The fourth-order valence-corrected chi connectivity index (χ4v) is 2.55. The van der Waals surface area contributed by atoms with Crippen LogP contribution < -0.4 is 14.8 Å². The van der Waals surface area contributed by atoms with Crippen LogP contribution in [-0.2, 0) is 12.8 Å². The van der Waals surface area contributed by atoms with Crippen LogP contribution in [0.15, 0.2) is 12.1 Å². The van der Waals surface area contributed by atoms with Gasteiger partial charge < -0.3 is 14.8 Å². The number of halogens is 1. The van der Waals surface area contributed by atoms with Crippen molar-refractivity contribution in [3.63, 3.8) is 0 Å². The number of fused-ring (bicyclic) bond motifs is 1. The lowest BCUT2D eigenvalue weighted by Gasteiger charge is -2.26. The molecule has 0 amide bonds. The highest BCUT2D eigenvalue weighted by Gasteiger charge is 2.20. The van der Waals surface area contributed by atoms with Gasteiger partial charge in [0, 0.05) is 6.04 Å². The molecular formula is C14H22ClNO2. The molecular weight excluding hydrogens is 250 g/mol. The van der Waals surface area contributed by atoms with Gasteiger partial charge in [0.15, 0.2) is 11.5 Å². The number of hydrogen-bond donors (Lipinski definition) is 1. The van der Waals surface area contributed by atoms with E-state index in [9.17, 15) is 0 Å². The Hall–Kier alpha value is -0.930. The van der Waals surface area contributed by atoms with E-state index in [0.717, 1.165) is 30.9 Å². The number of ether oxygens (including phenoxy) is 2. The summed E-state index contributed by atoms with van der Waals surface area (Å²) >= 11 is 0. The molecule has 3 nitrogen and oxygen atoms in total. The van der Waals surface area contributed by atoms with Crippen LogP contribution in [-0.4, -0.2) is 26.8 Å². The molecule has 1 aliphatic rings. The Balaban J connectivity index is 0.00000162. The Morgan fingerprint density at radius 2 is 1.78 bits per heavy atom. The maximum absolute atomic E-state index is 5.35. The van der Waals surface area contributed by atoms with Gasteiger partial charge in [-0.25, -0.2) is 0 Å². The highest BCUT2D eigenvalue weighted by Crippen LogP contribution is 2.34. The molecule has 0 fully saturated rings. The summed E-state index contributed by atoms with van der Waals surface area (Å²) in [4.78, 5) is 0. The van der Waals surface area contributed by atoms with Gasteiger partial charge in [-0.1, -0.05) is 6.92 Å². The molecule has 0 saturated carbocycles. The molecule has 0 spiro atoms. The predicted molar refractivity (Wildman–Crippen MR) is 76.3 cm³/mol. The minimum absolute atomic E-state index is 0. The van der Waals surface area contributed by atoms with Crippen LogP contribution in [0.2, 0.25) is 0 Å². The standard InChI is InChI=1S/C14H21NO2.ClH/c1-4-15-12-6-5-10-8-13(16-2)14(17-3)9-11(10)7-12;/h8-9,12,15H,4-7H2,1-3H3;1H. The molecule has 0 bridgehead atoms. The van der Waals surface area contributed by atoms with E-state index in [1.807, 2.05) is 0 Å². The van der Waals surface area contributed by atoms with E-state index in [0.29, 0.717) is 6.04 Å². The monoisotopic (exact) mass is 271 g/mol. The molecule has 1 atom stereocenters. The third kappa shape index (κ3) is 3.09. The molecule has 2 rings (SSSR count). The summed E-state index contributed by atoms with van der Waals surface area (Å²) < 4.78 is 10.7. The minimum atomic E-state index is 0. The van der Waals surface area contributed by atoms with Gasteiger partial charge in [-0.15, -0.1) is 12.4 Å². The lowest BCUT2D eigenvalue weighted by atomic mass is 9.88. The zero-order valence-corrected chi connectivity index (χ0v) is 12.1. The fourth-order valence-electron chi connectivity index (χ4n) is 2.55. The molecule has 1 aromatic rings. The van der Waals surface area contributed by atoms with Crippen molar-refractivity contribution in [2.45, 2.75) is 32.2 Å². The maximum Gasteiger partial charge on any atom is 0.161 e. The Morgan fingerprint density at radius 1 is 1.17 bits per heavy atom. The lowest BCUT2D eigenvalue weighted by molar-refractivity contribution is 0.352. The summed E-state index contributed by atoms with van der Waals surface area (Å²) in [6.45, 7) is 3.19. The first-order chi connectivity index (χ1) is 8.28. The second kappa shape index (κ2) is 6.86. The lowest BCUT2D eigenvalue weighted by Crippen LogP contribution is -2.34. The highest BCUT2D eigenvalue weighted by atomic mass is 35.5. The summed E-state index contributed by atoms with van der Waals surface area (Å²) in [5.41, 5.74) is 2.79. The van der Waals surface area contributed by atoms with E-state index in [2.05, 4.69) is 24.4 Å². The smallest absolute Gasteiger partial charge is 0.161 e. The van der Waals surface area contributed by atoms with Crippen LogP contribution in [0.5, 0.6) is 11.5 Å². The molecule has 1 aromatic carbocycles. The van der Waals surface area contributed by atoms with Gasteiger partial charge in [-0.2, -0.15) is 0 Å². The number of benzene rings is 1. The van der Waals surface area contributed by atoms with Gasteiger partial charge in [-0.3, -0.25) is 0 Å². The summed E-state index contributed by atoms with van der Waals surface area (Å²) in [5.74, 6) is 1.68. The number of methoxy groups -OCH3 is 2. The van der Waals surface area contributed by atoms with Gasteiger partial charge in [0.1, 0.15) is 0 Å². The minimum Gasteiger partial charge on any atom is -0.493 e. The van der Waals surface area contributed by atoms with Gasteiger partial charge >= 0.3 is 0 Å². The van der Waals surface area contributed by atoms with Crippen molar-refractivity contribution in [1.82, 2.24) is 5.32 Å². The largest absolute Gasteiger partial charge is 0.493 e. The molecule has 0 radical (unpaired) electrons. The van der Waals surface area contributed by atoms with Crippen molar-refractivity contribution in [2.75, 3.05) is 20.8 Å². The van der Waals surface area contributed by atoms with Gasteiger partial charge in [0.25, 0.3) is 0 Å². The number of hydrogen-bond acceptors (Lipinski definition) is 3. The van der Waals surface area contributed by atoms with E-state index < -0.39 is 0 Å². The normalized spacial score (nSPS) is 17.6. The molecule has 102 valence electrons. The number of nitrogens with one attached hydrogen (secondary N) is 1. The summed E-state index contributed by atoms with van der Waals surface area (Å²) in [7, 11) is 3.38. The summed E-state index contributed by atoms with van der Waals surface area (Å²) in [6, 6.07) is 4.85. The second-order valence-corrected chi connectivity index (χ2v) is 4.47. The van der Waals surface area contributed by atoms with E-state index in [4.69, 9.17) is 9.47 Å². The van der Waals surface area contributed by atoms with Gasteiger partial charge in [0.2, 0.25) is 0 Å². The molecule has 1 aliphatic carbocycles. The summed E-state index contributed by atoms with van der Waals surface area (Å²) in [6.07, 6.45) is 3.41. The van der Waals surface area contributed by atoms with E-state index >= 15 is 0 Å². The fraction of sp³-hybridized carbons (Fsp3) is 0.571. The SMILES string of the molecule is CCNC1CCc2cc(OC)c(OC)cc2C1.Cl. The van der Waals surface area contributed by atoms with E-state index in [-0.39, 0.29) is 12.4 Å². The first-order valence-electron chi connectivity index (χ1n) is 6.25. The van der Waals surface area contributed by atoms with Crippen molar-refractivity contribution in [3.8, 4) is 11.5 Å². The Kier molecular flexibility index (Phi) is 5.76. The first-order valence-corrected chi connectivity index (χ1v) is 6.25. The van der Waals surface area contributed by atoms with Crippen molar-refractivity contribution < 1.29 is 9.47 Å². The molecule has 18 heavy (non-hydrogen) atoms. The Morgan fingerprint density at radius 3 is 2.33 bits per heavy atom. The topological polar surface area (TPSA) is 30.5 Å². The van der Waals surface area contributed by atoms with Gasteiger partial charge in [-0.05, 0) is 49.1 Å². The van der Waals surface area contributed by atoms with Crippen molar-refractivity contribution in [2.24, 2.45) is 0 Å². The van der Waals surface area contributed by atoms with Crippen LogP contribution in [0, 0.1) is 0 Å².